The third kappa shape index (κ3) is 7.27. The highest BCUT2D eigenvalue weighted by Gasteiger charge is 1.92. The lowest BCUT2D eigenvalue weighted by Gasteiger charge is -1.95. The Morgan fingerprint density at radius 3 is 1.62 bits per heavy atom. The van der Waals surface area contributed by atoms with Gasteiger partial charge in [0.15, 0.2) is 0 Å². The van der Waals surface area contributed by atoms with Gasteiger partial charge in [0.2, 0.25) is 0 Å². The maximum Gasteiger partial charge on any atom is 0.0320 e. The first-order chi connectivity index (χ1) is 6.20. The van der Waals surface area contributed by atoms with Crippen LogP contribution >= 0.6 is 31.9 Å². The average molecular weight is 310 g/mol. The molecule has 0 aliphatic rings. The second-order valence-corrected chi connectivity index (χ2v) is 3.63. The van der Waals surface area contributed by atoms with Gasteiger partial charge < -0.3 is 0 Å². The van der Waals surface area contributed by atoms with Crippen LogP contribution in [0.4, 0.5) is 0 Å². The zero-order chi connectivity index (χ0) is 10.9. The molecule has 0 N–H and O–H groups in total. The van der Waals surface area contributed by atoms with Gasteiger partial charge in [-0.1, -0.05) is 33.8 Å². The van der Waals surface area contributed by atoms with E-state index in [2.05, 4.69) is 50.9 Å². The summed E-state index contributed by atoms with van der Waals surface area (Å²) in [6.07, 6.45) is 0. The van der Waals surface area contributed by atoms with Crippen LogP contribution in [0.2, 0.25) is 0 Å². The maximum absolute atomic E-state index is 3.40. The molecular formula is C11H18Br2. The molecule has 76 valence electrons. The largest absolute Gasteiger partial charge is 0.0683 e. The summed E-state index contributed by atoms with van der Waals surface area (Å²) < 4.78 is 2.22. The van der Waals surface area contributed by atoms with E-state index >= 15 is 0 Å². The summed E-state index contributed by atoms with van der Waals surface area (Å²) in [6.45, 7) is 10.1. The van der Waals surface area contributed by atoms with Crippen molar-refractivity contribution in [3.05, 3.63) is 32.7 Å². The van der Waals surface area contributed by atoms with Crippen molar-refractivity contribution in [2.75, 3.05) is 0 Å². The van der Waals surface area contributed by atoms with E-state index < -0.39 is 0 Å². The van der Waals surface area contributed by atoms with Crippen molar-refractivity contribution in [1.82, 2.24) is 0 Å². The molecular weight excluding hydrogens is 292 g/mol. The fourth-order valence-corrected chi connectivity index (χ4v) is 1.34. The molecule has 1 rings (SSSR count). The molecule has 0 heterocycles. The van der Waals surface area contributed by atoms with Crippen LogP contribution in [-0.2, 0) is 0 Å². The number of aryl methyl sites for hydroxylation is 1. The average Bonchev–Trinajstić information content (AvgIpc) is 2.18. The zero-order valence-corrected chi connectivity index (χ0v) is 12.2. The lowest BCUT2D eigenvalue weighted by Crippen LogP contribution is -1.71. The first-order valence-electron chi connectivity index (χ1n) is 4.62. The number of hydrogen-bond donors (Lipinski definition) is 0. The molecule has 2 heteroatoms. The van der Waals surface area contributed by atoms with Crippen molar-refractivity contribution in [3.8, 4) is 0 Å². The Morgan fingerprint density at radius 2 is 1.31 bits per heavy atom. The molecule has 0 nitrogen and oxygen atoms in total. The minimum atomic E-state index is 1.10. The predicted molar refractivity (Wildman–Crippen MR) is 69.3 cm³/mol. The molecule has 0 aliphatic heterocycles. The van der Waals surface area contributed by atoms with Gasteiger partial charge in [-0.2, -0.15) is 0 Å². The summed E-state index contributed by atoms with van der Waals surface area (Å²) in [5.41, 5.74) is 1.27. The summed E-state index contributed by atoms with van der Waals surface area (Å²) >= 11 is 6.78. The van der Waals surface area contributed by atoms with Crippen molar-refractivity contribution in [1.29, 1.82) is 0 Å². The molecule has 1 aromatic carbocycles. The van der Waals surface area contributed by atoms with Crippen molar-refractivity contribution in [2.45, 2.75) is 34.6 Å². The molecule has 0 radical (unpaired) electrons. The molecule has 0 unspecified atom stereocenters. The Bertz CT molecular complexity index is 219. The maximum atomic E-state index is 3.40. The van der Waals surface area contributed by atoms with Gasteiger partial charge in [-0.3, -0.25) is 0 Å². The molecule has 0 atom stereocenters. The van der Waals surface area contributed by atoms with Gasteiger partial charge >= 0.3 is 0 Å². The van der Waals surface area contributed by atoms with Crippen LogP contribution in [0.1, 0.15) is 33.3 Å². The second kappa shape index (κ2) is 10.3. The predicted octanol–water partition coefficient (Wildman–Crippen LogP) is 5.57. The van der Waals surface area contributed by atoms with Crippen LogP contribution in [0.5, 0.6) is 0 Å². The van der Waals surface area contributed by atoms with Crippen LogP contribution in [0.3, 0.4) is 0 Å². The Hall–Kier alpha value is 0.180. The summed E-state index contributed by atoms with van der Waals surface area (Å²) in [5, 5.41) is 0. The van der Waals surface area contributed by atoms with Gasteiger partial charge in [-0.05, 0) is 56.5 Å². The number of rotatable bonds is 0. The minimum Gasteiger partial charge on any atom is -0.0683 e. The molecule has 0 aliphatic carbocycles. The van der Waals surface area contributed by atoms with Gasteiger partial charge in [-0.15, -0.1) is 0 Å². The molecule has 0 saturated heterocycles. The Balaban J connectivity index is 0. The summed E-state index contributed by atoms with van der Waals surface area (Å²) in [4.78, 5) is 0. The molecule has 0 aromatic heterocycles. The normalized spacial score (nSPS) is 7.62. The van der Waals surface area contributed by atoms with E-state index in [4.69, 9.17) is 0 Å². The highest BCUT2D eigenvalue weighted by atomic mass is 79.9. The lowest BCUT2D eigenvalue weighted by molar-refractivity contribution is 1.43. The quantitative estimate of drug-likeness (QED) is 0.587. The zero-order valence-electron chi connectivity index (χ0n) is 8.99. The monoisotopic (exact) mass is 308 g/mol. The van der Waals surface area contributed by atoms with Crippen LogP contribution in [0.15, 0.2) is 27.1 Å². The number of halogens is 2. The standard InChI is InChI=1S/C7H6Br2.2C2H6/c1-5-2-3-6(8)7(9)4-5;2*1-2/h2-4H,1H3;2*1-2H3. The number of benzene rings is 1. The van der Waals surface area contributed by atoms with Crippen LogP contribution < -0.4 is 0 Å². The van der Waals surface area contributed by atoms with E-state index in [1.807, 2.05) is 33.8 Å². The molecule has 1 aromatic rings. The van der Waals surface area contributed by atoms with Gasteiger partial charge in [0.05, 0.1) is 0 Å². The SMILES string of the molecule is CC.CC.Cc1ccc(Br)c(Br)c1. The Morgan fingerprint density at radius 1 is 0.846 bits per heavy atom. The van der Waals surface area contributed by atoms with Crippen LogP contribution in [-0.4, -0.2) is 0 Å². The van der Waals surface area contributed by atoms with Crippen molar-refractivity contribution < 1.29 is 0 Å². The fourth-order valence-electron chi connectivity index (χ4n) is 0.601. The van der Waals surface area contributed by atoms with Crippen molar-refractivity contribution in [2.24, 2.45) is 0 Å². The smallest absolute Gasteiger partial charge is 0.0320 e. The van der Waals surface area contributed by atoms with Crippen molar-refractivity contribution in [3.63, 3.8) is 0 Å². The van der Waals surface area contributed by atoms with Crippen LogP contribution in [0, 0.1) is 6.92 Å². The molecule has 0 fully saturated rings. The van der Waals surface area contributed by atoms with Gasteiger partial charge in [-0.25, -0.2) is 0 Å². The van der Waals surface area contributed by atoms with Gasteiger partial charge in [0, 0.05) is 8.95 Å². The van der Waals surface area contributed by atoms with Crippen LogP contribution in [0.25, 0.3) is 0 Å². The first-order valence-corrected chi connectivity index (χ1v) is 6.20. The van der Waals surface area contributed by atoms with Crippen molar-refractivity contribution >= 4 is 31.9 Å². The first kappa shape index (κ1) is 15.6. The summed E-state index contributed by atoms with van der Waals surface area (Å²) in [5.74, 6) is 0. The highest BCUT2D eigenvalue weighted by molar-refractivity contribution is 9.13. The molecule has 13 heavy (non-hydrogen) atoms. The van der Waals surface area contributed by atoms with E-state index in [0.29, 0.717) is 0 Å². The third-order valence-corrected chi connectivity index (χ3v) is 2.95. The Kier molecular flexibility index (Phi) is 12.3. The van der Waals surface area contributed by atoms with Gasteiger partial charge in [0.1, 0.15) is 0 Å². The topological polar surface area (TPSA) is 0 Å². The molecule has 0 saturated carbocycles. The van der Waals surface area contributed by atoms with E-state index in [1.165, 1.54) is 5.56 Å². The van der Waals surface area contributed by atoms with E-state index in [-0.39, 0.29) is 0 Å². The number of hydrogen-bond acceptors (Lipinski definition) is 0. The van der Waals surface area contributed by atoms with E-state index in [0.717, 1.165) is 8.95 Å². The third-order valence-electron chi connectivity index (χ3n) is 1.08. The summed E-state index contributed by atoms with van der Waals surface area (Å²) in [6, 6.07) is 6.17. The fraction of sp³-hybridized carbons (Fsp3) is 0.455. The minimum absolute atomic E-state index is 1.10. The molecule has 0 amide bonds. The molecule has 0 spiro atoms. The van der Waals surface area contributed by atoms with Gasteiger partial charge in [0.25, 0.3) is 0 Å². The Labute approximate surface area is 99.0 Å². The van der Waals surface area contributed by atoms with E-state index in [9.17, 15) is 0 Å². The molecule has 0 bridgehead atoms. The highest BCUT2D eigenvalue weighted by Crippen LogP contribution is 2.22. The van der Waals surface area contributed by atoms with E-state index in [1.54, 1.807) is 0 Å². The summed E-state index contributed by atoms with van der Waals surface area (Å²) in [7, 11) is 0. The lowest BCUT2D eigenvalue weighted by atomic mass is 10.2. The second-order valence-electron chi connectivity index (χ2n) is 1.92.